The van der Waals surface area contributed by atoms with Crippen LogP contribution in [0.25, 0.3) is 0 Å². The third-order valence-electron chi connectivity index (χ3n) is 3.49. The topological polar surface area (TPSA) is 139 Å². The van der Waals surface area contributed by atoms with Crippen LogP contribution in [-0.2, 0) is 29.5 Å². The lowest BCUT2D eigenvalue weighted by atomic mass is 10.0. The number of ketones is 1. The van der Waals surface area contributed by atoms with Crippen LogP contribution < -0.4 is 11.5 Å². The van der Waals surface area contributed by atoms with Gasteiger partial charge in [-0.25, -0.2) is 0 Å². The van der Waals surface area contributed by atoms with Gasteiger partial charge < -0.3 is 20.4 Å². The van der Waals surface area contributed by atoms with Crippen molar-refractivity contribution >= 4 is 21.8 Å². The van der Waals surface area contributed by atoms with Gasteiger partial charge in [0.15, 0.2) is 6.08 Å². The Hall–Kier alpha value is -3.33. The molecule has 1 aliphatic rings. The number of ether oxygens (including phenoxy) is 1. The van der Waals surface area contributed by atoms with Crippen molar-refractivity contribution in [1.29, 1.82) is 0 Å². The van der Waals surface area contributed by atoms with Gasteiger partial charge in [-0.3, -0.25) is 9.59 Å². The minimum Gasteiger partial charge on any atom is -0.460 e. The summed E-state index contributed by atoms with van der Waals surface area (Å²) in [5, 5.41) is 0. The van der Waals surface area contributed by atoms with E-state index in [0.29, 0.717) is 0 Å². The van der Waals surface area contributed by atoms with Crippen LogP contribution in [0.4, 0.5) is 0 Å². The van der Waals surface area contributed by atoms with Gasteiger partial charge in [-0.2, -0.15) is 8.42 Å². The summed E-state index contributed by atoms with van der Waals surface area (Å²) in [4.78, 5) is 23.9. The maximum atomic E-state index is 12.7. The fraction of sp³-hybridized carbons (Fsp3) is 0.111. The van der Waals surface area contributed by atoms with Crippen molar-refractivity contribution in [3.63, 3.8) is 0 Å². The zero-order valence-corrected chi connectivity index (χ0v) is 14.5. The molecule has 1 aliphatic heterocycles. The number of primary amides is 1. The highest BCUT2D eigenvalue weighted by atomic mass is 32.2. The molecule has 9 heteroatoms. The Morgan fingerprint density at radius 2 is 1.81 bits per heavy atom. The average Bonchev–Trinajstić information content (AvgIpc) is 2.92. The Kier molecular flexibility index (Phi) is 3.90. The van der Waals surface area contributed by atoms with Crippen molar-refractivity contribution in [1.82, 2.24) is 0 Å². The Balaban J connectivity index is 1.91. The van der Waals surface area contributed by atoms with Gasteiger partial charge in [0.25, 0.3) is 0 Å². The fourth-order valence-corrected chi connectivity index (χ4v) is 3.10. The van der Waals surface area contributed by atoms with Gasteiger partial charge in [0.2, 0.25) is 23.3 Å². The normalized spacial score (nSPS) is 21.8. The van der Waals surface area contributed by atoms with Crippen LogP contribution in [-0.4, -0.2) is 20.1 Å². The van der Waals surface area contributed by atoms with Crippen molar-refractivity contribution in [3.05, 3.63) is 82.9 Å². The van der Waals surface area contributed by atoms with Crippen LogP contribution in [0.2, 0.25) is 0 Å². The van der Waals surface area contributed by atoms with E-state index in [1.807, 2.05) is 0 Å². The minimum atomic E-state index is -5.06. The van der Waals surface area contributed by atoms with Gasteiger partial charge in [-0.1, -0.05) is 42.5 Å². The number of hydrogen-bond acceptors (Lipinski definition) is 7. The molecular weight excluding hydrogens is 372 g/mol. The monoisotopic (exact) mass is 391 g/mol. The molecule has 0 unspecified atom stereocenters. The van der Waals surface area contributed by atoms with Crippen molar-refractivity contribution < 1.29 is 31.0 Å². The molecule has 0 bridgehead atoms. The van der Waals surface area contributed by atoms with Gasteiger partial charge >= 0.3 is 10.1 Å². The summed E-state index contributed by atoms with van der Waals surface area (Å²) >= 11 is 0. The summed E-state index contributed by atoms with van der Waals surface area (Å²) < 4.78 is 59.1. The fourth-order valence-electron chi connectivity index (χ4n) is 2.25. The maximum absolute atomic E-state index is 12.7. The van der Waals surface area contributed by atoms with Crippen molar-refractivity contribution in [3.8, 4) is 0 Å². The molecule has 2 aromatic carbocycles. The third-order valence-corrected chi connectivity index (χ3v) is 4.36. The molecule has 1 atom stereocenters. The van der Waals surface area contributed by atoms with E-state index in [9.17, 15) is 18.0 Å². The Bertz CT molecular complexity index is 1150. The van der Waals surface area contributed by atoms with Crippen molar-refractivity contribution in [2.24, 2.45) is 11.5 Å². The van der Waals surface area contributed by atoms with E-state index in [2.05, 4.69) is 0 Å². The molecule has 0 radical (unpaired) electrons. The molecule has 0 aromatic heterocycles. The van der Waals surface area contributed by atoms with Crippen LogP contribution in [0.3, 0.4) is 0 Å². The van der Waals surface area contributed by atoms with E-state index < -0.39 is 45.2 Å². The highest BCUT2D eigenvalue weighted by Gasteiger charge is 2.39. The highest BCUT2D eigenvalue weighted by molar-refractivity contribution is 7.86. The zero-order valence-electron chi connectivity index (χ0n) is 16.7. The Labute approximate surface area is 159 Å². The second kappa shape index (κ2) is 7.12. The molecular formula is C18H16N2O6S. The van der Waals surface area contributed by atoms with E-state index in [-0.39, 0.29) is 16.7 Å². The smallest absolute Gasteiger partial charge is 0.313 e. The van der Waals surface area contributed by atoms with E-state index in [4.69, 9.17) is 24.5 Å². The molecule has 8 nitrogen and oxygen atoms in total. The molecule has 1 heterocycles. The van der Waals surface area contributed by atoms with E-state index in [0.717, 1.165) is 0 Å². The number of hydrogen-bond donors (Lipinski definition) is 2. The first kappa shape index (κ1) is 14.8. The molecule has 2 aromatic rings. The predicted octanol–water partition coefficient (Wildman–Crippen LogP) is 1.10. The second-order valence-electron chi connectivity index (χ2n) is 5.40. The third kappa shape index (κ3) is 4.09. The number of nitrogens with two attached hydrogens (primary N) is 2. The number of carbonyl (C=O) groups is 2. The maximum Gasteiger partial charge on any atom is 0.313 e. The first-order chi connectivity index (χ1) is 13.9. The lowest BCUT2D eigenvalue weighted by molar-refractivity contribution is -0.123. The molecule has 0 aliphatic carbocycles. The molecule has 0 saturated carbocycles. The molecule has 1 amide bonds. The Morgan fingerprint density at radius 3 is 2.41 bits per heavy atom. The standard InChI is InChI=1S/C18H16N2O6S/c19-17(22)13-8-6-12(7-9-13)15-14(21)16(18(20)25-15)26-27(23,24)10-11-4-2-1-3-5-11/h1-9,15H,10,20H2,(H2,19,22)/t15-/m1/s1/i10D2,15D. The molecule has 0 fully saturated rings. The molecule has 4 N–H and O–H groups in total. The zero-order chi connectivity index (χ0) is 22.3. The summed E-state index contributed by atoms with van der Waals surface area (Å²) in [7, 11) is -5.06. The SMILES string of the molecule is [2H]C([2H])(c1ccccc1)S(=O)(=O)OC1=C(N)O[C@]([2H])(c2ccc(C(N)=O)cc2)C1=O. The first-order valence-electron chi connectivity index (χ1n) is 9.03. The van der Waals surface area contributed by atoms with Gasteiger partial charge in [0, 0.05) is 11.1 Å². The van der Waals surface area contributed by atoms with Crippen molar-refractivity contribution in [2.75, 3.05) is 0 Å². The van der Waals surface area contributed by atoms with Crippen LogP contribution in [0, 0.1) is 0 Å². The van der Waals surface area contributed by atoms with Gasteiger partial charge in [-0.15, -0.1) is 0 Å². The summed E-state index contributed by atoms with van der Waals surface area (Å²) in [5.41, 5.74) is 7.53. The highest BCUT2D eigenvalue weighted by Crippen LogP contribution is 2.32. The number of rotatable bonds is 6. The molecule has 3 rings (SSSR count). The second-order valence-corrected chi connectivity index (χ2v) is 6.68. The first-order valence-corrected chi connectivity index (χ1v) is 8.94. The number of amides is 1. The molecule has 0 spiro atoms. The number of benzene rings is 2. The van der Waals surface area contributed by atoms with Crippen LogP contribution in [0.5, 0.6) is 0 Å². The van der Waals surface area contributed by atoms with Gasteiger partial charge in [0.05, 0.1) is 4.11 Å². The number of carbonyl (C=O) groups excluding carboxylic acids is 2. The minimum absolute atomic E-state index is 0.0671. The lowest BCUT2D eigenvalue weighted by Crippen LogP contribution is -2.16. The van der Waals surface area contributed by atoms with Crippen LogP contribution in [0.15, 0.2) is 66.2 Å². The quantitative estimate of drug-likeness (QED) is 0.703. The van der Waals surface area contributed by atoms with E-state index in [1.165, 1.54) is 48.5 Å². The predicted molar refractivity (Wildman–Crippen MR) is 95.2 cm³/mol. The van der Waals surface area contributed by atoms with Crippen LogP contribution >= 0.6 is 0 Å². The number of Topliss-reactive ketones (excluding diaryl/α,β-unsaturated/α-hetero) is 1. The lowest BCUT2D eigenvalue weighted by Gasteiger charge is -2.10. The largest absolute Gasteiger partial charge is 0.460 e. The van der Waals surface area contributed by atoms with Crippen molar-refractivity contribution in [2.45, 2.75) is 11.8 Å². The average molecular weight is 391 g/mol. The summed E-state index contributed by atoms with van der Waals surface area (Å²) in [5.74, 6) is -3.78. The molecule has 140 valence electrons. The van der Waals surface area contributed by atoms with E-state index in [1.54, 1.807) is 6.07 Å². The summed E-state index contributed by atoms with van der Waals surface area (Å²) in [6, 6.07) is 11.9. The van der Waals surface area contributed by atoms with E-state index >= 15 is 0 Å². The molecule has 27 heavy (non-hydrogen) atoms. The Morgan fingerprint density at radius 1 is 1.19 bits per heavy atom. The van der Waals surface area contributed by atoms with Gasteiger partial charge in [0.1, 0.15) is 5.70 Å². The van der Waals surface area contributed by atoms with Gasteiger partial charge in [-0.05, 0) is 17.7 Å². The summed E-state index contributed by atoms with van der Waals surface area (Å²) in [6.45, 7) is 0. The molecule has 0 saturated heterocycles. The summed E-state index contributed by atoms with van der Waals surface area (Å²) in [6.07, 6.45) is -2.48. The van der Waals surface area contributed by atoms with Crippen LogP contribution in [0.1, 0.15) is 31.7 Å².